The summed E-state index contributed by atoms with van der Waals surface area (Å²) in [6.45, 7) is 3.57. The number of carbonyl (C=O) groups is 1. The van der Waals surface area contributed by atoms with E-state index in [1.807, 2.05) is 25.1 Å². The lowest BCUT2D eigenvalue weighted by Crippen LogP contribution is -2.31. The Bertz CT molecular complexity index is 1320. The Kier molecular flexibility index (Phi) is 5.57. The molecule has 0 atom stereocenters. The first-order chi connectivity index (χ1) is 15.1. The number of amides is 1. The highest BCUT2D eigenvalue weighted by molar-refractivity contribution is 7.89. The molecule has 3 aromatic rings. The minimum atomic E-state index is -3.84. The van der Waals surface area contributed by atoms with Crippen molar-refractivity contribution in [3.05, 3.63) is 59.3 Å². The zero-order valence-corrected chi connectivity index (χ0v) is 18.8. The van der Waals surface area contributed by atoms with Gasteiger partial charge in [-0.15, -0.1) is 0 Å². The summed E-state index contributed by atoms with van der Waals surface area (Å²) in [5.74, 6) is 1.04. The summed E-state index contributed by atoms with van der Waals surface area (Å²) in [7, 11) is -2.05. The maximum atomic E-state index is 11.9. The molecule has 1 amide bonds. The normalized spacial score (nSPS) is 13.6. The van der Waals surface area contributed by atoms with Crippen molar-refractivity contribution in [2.24, 2.45) is 5.14 Å². The number of fused-ring (bicyclic) bond motifs is 1. The standard InChI is InChI=1S/C22H24N6O3S/c1-13-4-6-17(11-19(13)32(23,30)31)26-22-24-12-14(2)21(27-22)25-16-7-8-18-15(10-16)5-9-20(29)28(18)3/h4,6-8,10-12H,5,9H2,1-3H3,(H2,23,30,31)(H2,24,25,26,27). The molecular formula is C22H24N6O3S. The molecule has 0 unspecified atom stereocenters. The predicted molar refractivity (Wildman–Crippen MR) is 124 cm³/mol. The molecule has 0 bridgehead atoms. The Hall–Kier alpha value is -3.50. The third kappa shape index (κ3) is 4.41. The molecule has 4 rings (SSSR count). The molecule has 2 heterocycles. The Morgan fingerprint density at radius 3 is 2.47 bits per heavy atom. The molecule has 4 N–H and O–H groups in total. The average Bonchev–Trinajstić information content (AvgIpc) is 2.74. The first-order valence-electron chi connectivity index (χ1n) is 10.0. The van der Waals surface area contributed by atoms with Crippen LogP contribution in [0.1, 0.15) is 23.1 Å². The van der Waals surface area contributed by atoms with Crippen LogP contribution in [0, 0.1) is 13.8 Å². The summed E-state index contributed by atoms with van der Waals surface area (Å²) >= 11 is 0. The van der Waals surface area contributed by atoms with Gasteiger partial charge in [0.15, 0.2) is 0 Å². The smallest absolute Gasteiger partial charge is 0.238 e. The van der Waals surface area contributed by atoms with Crippen LogP contribution in [-0.4, -0.2) is 31.3 Å². The summed E-state index contributed by atoms with van der Waals surface area (Å²) < 4.78 is 23.6. The number of sulfonamides is 1. The second-order valence-corrected chi connectivity index (χ2v) is 9.33. The molecule has 10 heteroatoms. The van der Waals surface area contributed by atoms with Gasteiger partial charge >= 0.3 is 0 Å². The van der Waals surface area contributed by atoms with E-state index in [1.165, 1.54) is 6.07 Å². The molecule has 1 aromatic heterocycles. The third-order valence-electron chi connectivity index (χ3n) is 5.41. The monoisotopic (exact) mass is 452 g/mol. The molecule has 0 spiro atoms. The van der Waals surface area contributed by atoms with Crippen LogP contribution < -0.4 is 20.7 Å². The lowest BCUT2D eigenvalue weighted by Gasteiger charge is -2.26. The molecule has 1 aliphatic heterocycles. The van der Waals surface area contributed by atoms with Crippen molar-refractivity contribution in [2.45, 2.75) is 31.6 Å². The molecule has 166 valence electrons. The fourth-order valence-electron chi connectivity index (χ4n) is 3.61. The van der Waals surface area contributed by atoms with Crippen LogP contribution in [0.4, 0.5) is 28.8 Å². The highest BCUT2D eigenvalue weighted by atomic mass is 32.2. The molecular weight excluding hydrogens is 428 g/mol. The molecule has 0 radical (unpaired) electrons. The molecule has 0 saturated heterocycles. The molecule has 2 aromatic carbocycles. The lowest BCUT2D eigenvalue weighted by atomic mass is 10.0. The van der Waals surface area contributed by atoms with Crippen molar-refractivity contribution < 1.29 is 13.2 Å². The lowest BCUT2D eigenvalue weighted by molar-refractivity contribution is -0.118. The summed E-state index contributed by atoms with van der Waals surface area (Å²) in [6.07, 6.45) is 2.87. The summed E-state index contributed by atoms with van der Waals surface area (Å²) in [5.41, 5.74) is 4.78. The van der Waals surface area contributed by atoms with Gasteiger partial charge in [0.25, 0.3) is 0 Å². The third-order valence-corrected chi connectivity index (χ3v) is 6.46. The van der Waals surface area contributed by atoms with Crippen LogP contribution in [0.5, 0.6) is 0 Å². The van der Waals surface area contributed by atoms with Crippen molar-refractivity contribution in [3.8, 4) is 0 Å². The Labute approximate surface area is 186 Å². The number of nitrogens with one attached hydrogen (secondary N) is 2. The Balaban J connectivity index is 1.59. The summed E-state index contributed by atoms with van der Waals surface area (Å²) in [6, 6.07) is 10.7. The largest absolute Gasteiger partial charge is 0.340 e. The van der Waals surface area contributed by atoms with Crippen LogP contribution in [-0.2, 0) is 21.2 Å². The highest BCUT2D eigenvalue weighted by Gasteiger charge is 2.21. The minimum Gasteiger partial charge on any atom is -0.340 e. The van der Waals surface area contributed by atoms with Gasteiger partial charge < -0.3 is 15.5 Å². The summed E-state index contributed by atoms with van der Waals surface area (Å²) in [5, 5.41) is 11.6. The van der Waals surface area contributed by atoms with E-state index in [0.717, 1.165) is 22.5 Å². The first kappa shape index (κ1) is 21.7. The van der Waals surface area contributed by atoms with Crippen molar-refractivity contribution in [1.29, 1.82) is 0 Å². The van der Waals surface area contributed by atoms with Crippen LogP contribution >= 0.6 is 0 Å². The molecule has 0 fully saturated rings. The molecule has 32 heavy (non-hydrogen) atoms. The fourth-order valence-corrected chi connectivity index (χ4v) is 4.42. The zero-order valence-electron chi connectivity index (χ0n) is 18.0. The first-order valence-corrected chi connectivity index (χ1v) is 11.6. The number of hydrogen-bond donors (Lipinski definition) is 3. The number of nitrogens with zero attached hydrogens (tertiary/aromatic N) is 3. The number of carbonyl (C=O) groups excluding carboxylic acids is 1. The Morgan fingerprint density at radius 2 is 1.72 bits per heavy atom. The number of anilines is 5. The van der Waals surface area contributed by atoms with E-state index in [9.17, 15) is 13.2 Å². The van der Waals surface area contributed by atoms with Gasteiger partial charge in [-0.05, 0) is 61.7 Å². The number of rotatable bonds is 5. The van der Waals surface area contributed by atoms with E-state index < -0.39 is 10.0 Å². The fraction of sp³-hybridized carbons (Fsp3) is 0.227. The number of aromatic nitrogens is 2. The highest BCUT2D eigenvalue weighted by Crippen LogP contribution is 2.31. The van der Waals surface area contributed by atoms with Crippen molar-refractivity contribution in [3.63, 3.8) is 0 Å². The molecule has 9 nitrogen and oxygen atoms in total. The van der Waals surface area contributed by atoms with Crippen molar-refractivity contribution in [2.75, 3.05) is 22.6 Å². The topological polar surface area (TPSA) is 130 Å². The van der Waals surface area contributed by atoms with Crippen molar-refractivity contribution >= 4 is 44.8 Å². The minimum absolute atomic E-state index is 0.0467. The molecule has 0 saturated carbocycles. The SMILES string of the molecule is Cc1ccc(Nc2ncc(C)c(Nc3ccc4c(c3)CCC(=O)N4C)n2)cc1S(N)(=O)=O. The van der Waals surface area contributed by atoms with Crippen LogP contribution in [0.2, 0.25) is 0 Å². The number of nitrogens with two attached hydrogens (primary N) is 1. The second-order valence-electron chi connectivity index (χ2n) is 7.80. The van der Waals surface area contributed by atoms with E-state index in [1.54, 1.807) is 37.2 Å². The van der Waals surface area contributed by atoms with Gasteiger partial charge in [-0.25, -0.2) is 18.5 Å². The number of benzene rings is 2. The van der Waals surface area contributed by atoms with Crippen LogP contribution in [0.25, 0.3) is 0 Å². The predicted octanol–water partition coefficient (Wildman–Crippen LogP) is 3.14. The number of hydrogen-bond acceptors (Lipinski definition) is 7. The molecule has 1 aliphatic rings. The summed E-state index contributed by atoms with van der Waals surface area (Å²) in [4.78, 5) is 22.5. The number of aryl methyl sites for hydroxylation is 3. The van der Waals surface area contributed by atoms with Gasteiger partial charge in [0.2, 0.25) is 21.9 Å². The van der Waals surface area contributed by atoms with Crippen molar-refractivity contribution in [1.82, 2.24) is 9.97 Å². The van der Waals surface area contributed by atoms with E-state index in [-0.39, 0.29) is 10.8 Å². The quantitative estimate of drug-likeness (QED) is 0.542. The molecule has 0 aliphatic carbocycles. The van der Waals surface area contributed by atoms with Gasteiger partial charge in [0, 0.05) is 42.3 Å². The van der Waals surface area contributed by atoms with Gasteiger partial charge in [-0.3, -0.25) is 4.79 Å². The van der Waals surface area contributed by atoms with E-state index in [4.69, 9.17) is 5.14 Å². The van der Waals surface area contributed by atoms with Gasteiger partial charge in [0.05, 0.1) is 4.90 Å². The van der Waals surface area contributed by atoms with E-state index in [2.05, 4.69) is 20.6 Å². The number of primary sulfonamides is 1. The van der Waals surface area contributed by atoms with Gasteiger partial charge in [0.1, 0.15) is 5.82 Å². The zero-order chi connectivity index (χ0) is 23.0. The van der Waals surface area contributed by atoms with Crippen LogP contribution in [0.15, 0.2) is 47.5 Å². The Morgan fingerprint density at radius 1 is 1.00 bits per heavy atom. The van der Waals surface area contributed by atoms with Crippen LogP contribution in [0.3, 0.4) is 0 Å². The van der Waals surface area contributed by atoms with E-state index >= 15 is 0 Å². The maximum Gasteiger partial charge on any atom is 0.238 e. The average molecular weight is 453 g/mol. The van der Waals surface area contributed by atoms with Gasteiger partial charge in [-0.2, -0.15) is 4.98 Å². The van der Waals surface area contributed by atoms with Gasteiger partial charge in [-0.1, -0.05) is 6.07 Å². The van der Waals surface area contributed by atoms with E-state index in [0.29, 0.717) is 35.9 Å². The maximum absolute atomic E-state index is 11.9. The second kappa shape index (κ2) is 8.21.